The number of carbonyl (C=O) groups is 3. The summed E-state index contributed by atoms with van der Waals surface area (Å²) in [6.07, 6.45) is 6.18. The number of carbonyl (C=O) groups excluding carboxylic acids is 3. The highest BCUT2D eigenvalue weighted by atomic mass is 19.1. The van der Waals surface area contributed by atoms with E-state index < -0.39 is 23.9 Å². The largest absolute Gasteiger partial charge is 0.328 e. The van der Waals surface area contributed by atoms with Gasteiger partial charge in [0.15, 0.2) is 5.78 Å². The Labute approximate surface area is 219 Å². The van der Waals surface area contributed by atoms with E-state index in [2.05, 4.69) is 31.6 Å². The van der Waals surface area contributed by atoms with E-state index in [-0.39, 0.29) is 36.7 Å². The fourth-order valence-corrected chi connectivity index (χ4v) is 4.59. The van der Waals surface area contributed by atoms with E-state index in [1.54, 1.807) is 45.3 Å². The maximum absolute atomic E-state index is 14.5. The Morgan fingerprint density at radius 2 is 1.95 bits per heavy atom. The van der Waals surface area contributed by atoms with Crippen molar-refractivity contribution in [2.75, 3.05) is 6.54 Å². The molecule has 1 saturated heterocycles. The molecular formula is C27H28FN7O3. The van der Waals surface area contributed by atoms with Crippen LogP contribution in [0.3, 0.4) is 0 Å². The lowest BCUT2D eigenvalue weighted by Crippen LogP contribution is -2.44. The summed E-state index contributed by atoms with van der Waals surface area (Å²) in [6.45, 7) is 9.65. The number of halogens is 1. The topological polar surface area (TPSA) is 123 Å². The van der Waals surface area contributed by atoms with Crippen LogP contribution in [0.2, 0.25) is 0 Å². The number of amides is 1. The summed E-state index contributed by atoms with van der Waals surface area (Å²) >= 11 is 0. The molecule has 196 valence electrons. The fraction of sp³-hybridized carbons (Fsp3) is 0.333. The number of likely N-dealkylation sites (tertiary alicyclic amines) is 1. The molecule has 1 aliphatic heterocycles. The Bertz CT molecular complexity index is 1490. The van der Waals surface area contributed by atoms with Gasteiger partial charge in [-0.2, -0.15) is 5.10 Å². The van der Waals surface area contributed by atoms with Gasteiger partial charge in [0.05, 0.1) is 29.5 Å². The number of aliphatic imine (C=N–C) groups is 1. The molecule has 2 atom stereocenters. The lowest BCUT2D eigenvalue weighted by molar-refractivity contribution is -0.136. The Kier molecular flexibility index (Phi) is 7.65. The van der Waals surface area contributed by atoms with Crippen molar-refractivity contribution >= 4 is 34.1 Å². The molecule has 11 heteroatoms. The second-order valence-corrected chi connectivity index (χ2v) is 9.03. The molecule has 0 aromatic carbocycles. The summed E-state index contributed by atoms with van der Waals surface area (Å²) in [5.74, 6) is -0.636. The number of allylic oxidation sites excluding steroid dienone is 2. The molecule has 0 N–H and O–H groups in total. The predicted molar refractivity (Wildman–Crippen MR) is 140 cm³/mol. The van der Waals surface area contributed by atoms with E-state index in [1.165, 1.54) is 28.8 Å². The van der Waals surface area contributed by atoms with Crippen LogP contribution in [0.5, 0.6) is 0 Å². The van der Waals surface area contributed by atoms with Crippen molar-refractivity contribution in [3.8, 4) is 11.3 Å². The van der Waals surface area contributed by atoms with E-state index in [9.17, 15) is 18.8 Å². The number of fused-ring (bicyclic) bond motifs is 1. The Morgan fingerprint density at radius 1 is 1.24 bits per heavy atom. The average molecular weight is 518 g/mol. The predicted octanol–water partition coefficient (Wildman–Crippen LogP) is 3.38. The Hall–Kier alpha value is -4.41. The van der Waals surface area contributed by atoms with Gasteiger partial charge in [-0.1, -0.05) is 12.7 Å². The Balaban J connectivity index is 1.71. The van der Waals surface area contributed by atoms with Gasteiger partial charge >= 0.3 is 0 Å². The van der Waals surface area contributed by atoms with Gasteiger partial charge in [0, 0.05) is 42.9 Å². The monoisotopic (exact) mass is 517 g/mol. The minimum absolute atomic E-state index is 0.0930. The second-order valence-electron chi connectivity index (χ2n) is 9.03. The third-order valence-electron chi connectivity index (χ3n) is 6.28. The second kappa shape index (κ2) is 10.9. The van der Waals surface area contributed by atoms with Gasteiger partial charge in [-0.05, 0) is 32.9 Å². The van der Waals surface area contributed by atoms with Crippen LogP contribution in [0, 0.1) is 13.8 Å². The number of pyridine rings is 1. The summed E-state index contributed by atoms with van der Waals surface area (Å²) in [5, 5.41) is 4.94. The van der Waals surface area contributed by atoms with Gasteiger partial charge in [-0.3, -0.25) is 29.0 Å². The van der Waals surface area contributed by atoms with Gasteiger partial charge in [-0.25, -0.2) is 14.4 Å². The number of aromatic nitrogens is 5. The van der Waals surface area contributed by atoms with Crippen LogP contribution in [0.25, 0.3) is 22.2 Å². The molecule has 1 amide bonds. The molecule has 1 fully saturated rings. The van der Waals surface area contributed by atoms with Gasteiger partial charge in [0.2, 0.25) is 11.7 Å². The number of aryl methyl sites for hydroxylation is 2. The van der Waals surface area contributed by atoms with Crippen LogP contribution >= 0.6 is 0 Å². The number of ketones is 2. The standard InChI is InChI=1S/C27H28FN7O3/c1-6-8-21(29-7-2)27(38)23-9-19(28)13-34(23)24(37)14-35-26-15(3)32-22(18-11-30-17(5)31-12-18)10-20(26)25(33-35)16(4)36/h6-8,10-12,19,23H,2,9,13-14H2,1,3-5H3/b8-6-,29-21?/t19-,23+/m1/s1. The molecular weight excluding hydrogens is 489 g/mol. The number of alkyl halides is 1. The minimum atomic E-state index is -1.35. The van der Waals surface area contributed by atoms with Crippen LogP contribution < -0.4 is 0 Å². The van der Waals surface area contributed by atoms with E-state index in [1.807, 2.05) is 0 Å². The van der Waals surface area contributed by atoms with Crippen LogP contribution in [0.1, 0.15) is 42.3 Å². The van der Waals surface area contributed by atoms with E-state index in [0.717, 1.165) is 0 Å². The van der Waals surface area contributed by atoms with Crippen LogP contribution in [0.15, 0.2) is 48.4 Å². The zero-order valence-corrected chi connectivity index (χ0v) is 21.7. The normalized spacial score (nSPS) is 17.9. The molecule has 3 aromatic heterocycles. The smallest absolute Gasteiger partial charge is 0.245 e. The molecule has 4 heterocycles. The zero-order valence-electron chi connectivity index (χ0n) is 21.7. The van der Waals surface area contributed by atoms with Gasteiger partial charge in [-0.15, -0.1) is 0 Å². The molecule has 0 unspecified atom stereocenters. The van der Waals surface area contributed by atoms with Crippen molar-refractivity contribution in [2.45, 2.75) is 52.9 Å². The molecule has 4 rings (SSSR count). The number of rotatable bonds is 8. The molecule has 0 radical (unpaired) electrons. The number of nitrogens with zero attached hydrogens (tertiary/aromatic N) is 7. The fourth-order valence-electron chi connectivity index (χ4n) is 4.59. The molecule has 0 saturated carbocycles. The lowest BCUT2D eigenvalue weighted by atomic mass is 10.0. The van der Waals surface area contributed by atoms with Gasteiger partial charge in [0.25, 0.3) is 0 Å². The van der Waals surface area contributed by atoms with Crippen LogP contribution in [-0.2, 0) is 16.1 Å². The highest BCUT2D eigenvalue weighted by molar-refractivity contribution is 6.46. The summed E-state index contributed by atoms with van der Waals surface area (Å²) in [7, 11) is 0. The first-order valence-corrected chi connectivity index (χ1v) is 12.1. The van der Waals surface area contributed by atoms with Crippen molar-refractivity contribution in [1.29, 1.82) is 0 Å². The molecule has 0 aliphatic carbocycles. The van der Waals surface area contributed by atoms with Gasteiger partial charge < -0.3 is 4.90 Å². The van der Waals surface area contributed by atoms with Crippen molar-refractivity contribution in [1.82, 2.24) is 29.6 Å². The first-order valence-electron chi connectivity index (χ1n) is 12.1. The maximum Gasteiger partial charge on any atom is 0.245 e. The Morgan fingerprint density at radius 3 is 2.58 bits per heavy atom. The zero-order chi connectivity index (χ0) is 27.6. The third kappa shape index (κ3) is 5.17. The summed E-state index contributed by atoms with van der Waals surface area (Å²) in [6, 6.07) is 0.713. The molecule has 0 bridgehead atoms. The summed E-state index contributed by atoms with van der Waals surface area (Å²) in [4.78, 5) is 57.2. The molecule has 1 aliphatic rings. The molecule has 3 aromatic rings. The van der Waals surface area contributed by atoms with Crippen molar-refractivity contribution in [2.24, 2.45) is 4.99 Å². The van der Waals surface area contributed by atoms with Crippen molar-refractivity contribution < 1.29 is 18.8 Å². The van der Waals surface area contributed by atoms with Crippen molar-refractivity contribution in [3.05, 3.63) is 60.6 Å². The minimum Gasteiger partial charge on any atom is -0.328 e. The average Bonchev–Trinajstić information content (AvgIpc) is 3.45. The number of hydrogen-bond donors (Lipinski definition) is 0. The number of Topliss-reactive ketones (excluding diaryl/α,β-unsaturated/α-hetero) is 2. The van der Waals surface area contributed by atoms with Crippen LogP contribution in [-0.4, -0.2) is 71.6 Å². The first kappa shape index (κ1) is 26.6. The molecule has 38 heavy (non-hydrogen) atoms. The van der Waals surface area contributed by atoms with E-state index in [0.29, 0.717) is 33.7 Å². The van der Waals surface area contributed by atoms with E-state index in [4.69, 9.17) is 0 Å². The van der Waals surface area contributed by atoms with E-state index >= 15 is 0 Å². The molecule has 10 nitrogen and oxygen atoms in total. The summed E-state index contributed by atoms with van der Waals surface area (Å²) in [5.41, 5.74) is 2.55. The SMILES string of the molecule is C=CN=C(/C=C\C)C(=O)[C@@H]1C[C@@H](F)CN1C(=O)Cn1nc(C(C)=O)c2cc(-c3cnc(C)nc3)nc(C)c21. The van der Waals surface area contributed by atoms with Crippen molar-refractivity contribution in [3.63, 3.8) is 0 Å². The molecule has 0 spiro atoms. The van der Waals surface area contributed by atoms with Crippen LogP contribution in [0.4, 0.5) is 4.39 Å². The highest BCUT2D eigenvalue weighted by Crippen LogP contribution is 2.28. The third-order valence-corrected chi connectivity index (χ3v) is 6.28. The quantitative estimate of drug-likeness (QED) is 0.331. The summed E-state index contributed by atoms with van der Waals surface area (Å²) < 4.78 is 15.9. The lowest BCUT2D eigenvalue weighted by Gasteiger charge is -2.23. The van der Waals surface area contributed by atoms with Gasteiger partial charge in [0.1, 0.15) is 29.9 Å². The first-order chi connectivity index (χ1) is 18.1. The number of hydrogen-bond acceptors (Lipinski definition) is 8. The maximum atomic E-state index is 14.5. The highest BCUT2D eigenvalue weighted by Gasteiger charge is 2.41.